The first-order chi connectivity index (χ1) is 7.74. The highest BCUT2D eigenvalue weighted by Gasteiger charge is 2.23. The number of nitrogens with zero attached hydrogens (tertiary/aromatic N) is 2. The Morgan fingerprint density at radius 2 is 2.12 bits per heavy atom. The van der Waals surface area contributed by atoms with Crippen LogP contribution < -0.4 is 11.1 Å². The lowest BCUT2D eigenvalue weighted by atomic mass is 10.2. The smallest absolute Gasteiger partial charge is 0.224 e. The molecule has 2 aromatic rings. The van der Waals surface area contributed by atoms with Gasteiger partial charge in [-0.25, -0.2) is 9.97 Å². The van der Waals surface area contributed by atoms with Crippen LogP contribution in [0.25, 0.3) is 10.9 Å². The highest BCUT2D eigenvalue weighted by atomic mass is 35.5. The van der Waals surface area contributed by atoms with Crippen molar-refractivity contribution in [2.24, 2.45) is 0 Å². The molecule has 0 unspecified atom stereocenters. The van der Waals surface area contributed by atoms with Crippen molar-refractivity contribution < 1.29 is 0 Å². The highest BCUT2D eigenvalue weighted by molar-refractivity contribution is 6.29. The average Bonchev–Trinajstić information content (AvgIpc) is 3.01. The monoisotopic (exact) mass is 234 g/mol. The van der Waals surface area contributed by atoms with E-state index in [1.165, 1.54) is 12.8 Å². The van der Waals surface area contributed by atoms with E-state index in [1.807, 2.05) is 18.2 Å². The highest BCUT2D eigenvalue weighted by Crippen LogP contribution is 2.31. The molecule has 1 saturated carbocycles. The van der Waals surface area contributed by atoms with Crippen LogP contribution in [0.4, 0.5) is 11.5 Å². The van der Waals surface area contributed by atoms with Gasteiger partial charge in [0.25, 0.3) is 0 Å². The second kappa shape index (κ2) is 3.49. The van der Waals surface area contributed by atoms with Crippen LogP contribution in [0.3, 0.4) is 0 Å². The summed E-state index contributed by atoms with van der Waals surface area (Å²) in [6, 6.07) is 6.10. The zero-order valence-corrected chi connectivity index (χ0v) is 9.33. The number of aromatic nitrogens is 2. The maximum Gasteiger partial charge on any atom is 0.224 e. The number of anilines is 2. The van der Waals surface area contributed by atoms with Crippen LogP contribution in [0.2, 0.25) is 5.28 Å². The van der Waals surface area contributed by atoms with Crippen molar-refractivity contribution in [1.82, 2.24) is 9.97 Å². The molecule has 5 heteroatoms. The van der Waals surface area contributed by atoms with Crippen LogP contribution in [0.5, 0.6) is 0 Å². The number of hydrogen-bond donors (Lipinski definition) is 2. The lowest BCUT2D eigenvalue weighted by Gasteiger charge is -2.09. The maximum atomic E-state index is 5.94. The standard InChI is InChI=1S/C11H11ClN4/c12-11-15-8-3-1-2-7(13)9(8)10(16-11)14-6-4-5-6/h1-3,6H,4-5,13H2,(H,14,15,16). The fourth-order valence-corrected chi connectivity index (χ4v) is 1.88. The van der Waals surface area contributed by atoms with Gasteiger partial charge < -0.3 is 11.1 Å². The van der Waals surface area contributed by atoms with E-state index < -0.39 is 0 Å². The topological polar surface area (TPSA) is 63.8 Å². The Balaban J connectivity index is 2.22. The predicted molar refractivity (Wildman–Crippen MR) is 65.6 cm³/mol. The van der Waals surface area contributed by atoms with E-state index in [1.54, 1.807) is 0 Å². The number of fused-ring (bicyclic) bond motifs is 1. The first-order valence-corrected chi connectivity index (χ1v) is 5.60. The van der Waals surface area contributed by atoms with Crippen molar-refractivity contribution in [3.8, 4) is 0 Å². The molecule has 0 aliphatic heterocycles. The number of nitrogen functional groups attached to an aromatic ring is 1. The second-order valence-electron chi connectivity index (χ2n) is 4.00. The Morgan fingerprint density at radius 3 is 2.88 bits per heavy atom. The fraction of sp³-hybridized carbons (Fsp3) is 0.273. The molecule has 0 spiro atoms. The van der Waals surface area contributed by atoms with E-state index in [4.69, 9.17) is 17.3 Å². The van der Waals surface area contributed by atoms with Gasteiger partial charge in [-0.05, 0) is 36.6 Å². The van der Waals surface area contributed by atoms with Crippen LogP contribution in [0.15, 0.2) is 18.2 Å². The molecule has 1 aliphatic rings. The second-order valence-corrected chi connectivity index (χ2v) is 4.34. The summed E-state index contributed by atoms with van der Waals surface area (Å²) in [5, 5.41) is 4.44. The number of hydrogen-bond acceptors (Lipinski definition) is 4. The van der Waals surface area contributed by atoms with Crippen LogP contribution in [-0.4, -0.2) is 16.0 Å². The van der Waals surface area contributed by atoms with Crippen molar-refractivity contribution in [3.05, 3.63) is 23.5 Å². The van der Waals surface area contributed by atoms with Crippen molar-refractivity contribution in [1.29, 1.82) is 0 Å². The summed E-state index contributed by atoms with van der Waals surface area (Å²) in [7, 11) is 0. The van der Waals surface area contributed by atoms with Gasteiger partial charge in [0.1, 0.15) is 5.82 Å². The number of benzene rings is 1. The van der Waals surface area contributed by atoms with Gasteiger partial charge in [-0.3, -0.25) is 0 Å². The fourth-order valence-electron chi connectivity index (χ4n) is 1.71. The molecule has 1 aromatic heterocycles. The van der Waals surface area contributed by atoms with Crippen LogP contribution in [-0.2, 0) is 0 Å². The van der Waals surface area contributed by atoms with E-state index >= 15 is 0 Å². The molecule has 0 atom stereocenters. The molecule has 3 N–H and O–H groups in total. The molecule has 3 rings (SSSR count). The summed E-state index contributed by atoms with van der Waals surface area (Å²) < 4.78 is 0. The van der Waals surface area contributed by atoms with Crippen molar-refractivity contribution >= 4 is 34.0 Å². The summed E-state index contributed by atoms with van der Waals surface area (Å²) in [5.41, 5.74) is 7.40. The number of rotatable bonds is 2. The van der Waals surface area contributed by atoms with Gasteiger partial charge in [0.05, 0.1) is 10.9 Å². The molecule has 16 heavy (non-hydrogen) atoms. The first kappa shape index (κ1) is 9.66. The van der Waals surface area contributed by atoms with Gasteiger partial charge >= 0.3 is 0 Å². The predicted octanol–water partition coefficient (Wildman–Crippen LogP) is 2.44. The van der Waals surface area contributed by atoms with Gasteiger partial charge in [0.15, 0.2) is 0 Å². The third-order valence-electron chi connectivity index (χ3n) is 2.65. The zero-order chi connectivity index (χ0) is 11.1. The Morgan fingerprint density at radius 1 is 1.31 bits per heavy atom. The number of nitrogens with two attached hydrogens (primary N) is 1. The SMILES string of the molecule is Nc1cccc2nc(Cl)nc(NC3CC3)c12. The van der Waals surface area contributed by atoms with Crippen molar-refractivity contribution in [2.45, 2.75) is 18.9 Å². The minimum atomic E-state index is 0.251. The molecular formula is C11H11ClN4. The van der Waals surface area contributed by atoms with E-state index in [2.05, 4.69) is 15.3 Å². The molecular weight excluding hydrogens is 224 g/mol. The van der Waals surface area contributed by atoms with Gasteiger partial charge in [-0.2, -0.15) is 0 Å². The third kappa shape index (κ3) is 1.65. The van der Waals surface area contributed by atoms with Crippen LogP contribution in [0.1, 0.15) is 12.8 Å². The molecule has 1 fully saturated rings. The summed E-state index contributed by atoms with van der Waals surface area (Å²) in [5.74, 6) is 0.746. The average molecular weight is 235 g/mol. The molecule has 0 bridgehead atoms. The lowest BCUT2D eigenvalue weighted by Crippen LogP contribution is -2.05. The van der Waals surface area contributed by atoms with E-state index in [9.17, 15) is 0 Å². The van der Waals surface area contributed by atoms with E-state index in [0.717, 1.165) is 16.7 Å². The molecule has 0 radical (unpaired) electrons. The first-order valence-electron chi connectivity index (χ1n) is 5.22. The Hall–Kier alpha value is -1.55. The Kier molecular flexibility index (Phi) is 2.11. The van der Waals surface area contributed by atoms with Crippen molar-refractivity contribution in [2.75, 3.05) is 11.1 Å². The summed E-state index contributed by atoms with van der Waals surface area (Å²) in [4.78, 5) is 8.36. The lowest BCUT2D eigenvalue weighted by molar-refractivity contribution is 1.10. The maximum absolute atomic E-state index is 5.94. The Bertz CT molecular complexity index is 551. The van der Waals surface area contributed by atoms with Gasteiger partial charge in [0.2, 0.25) is 5.28 Å². The van der Waals surface area contributed by atoms with E-state index in [0.29, 0.717) is 11.7 Å². The zero-order valence-electron chi connectivity index (χ0n) is 8.57. The van der Waals surface area contributed by atoms with Gasteiger partial charge in [-0.1, -0.05) is 6.07 Å². The molecule has 82 valence electrons. The quantitative estimate of drug-likeness (QED) is 0.619. The molecule has 4 nitrogen and oxygen atoms in total. The van der Waals surface area contributed by atoms with Crippen molar-refractivity contribution in [3.63, 3.8) is 0 Å². The number of nitrogens with one attached hydrogen (secondary N) is 1. The van der Waals surface area contributed by atoms with E-state index in [-0.39, 0.29) is 5.28 Å². The largest absolute Gasteiger partial charge is 0.398 e. The van der Waals surface area contributed by atoms with Gasteiger partial charge in [-0.15, -0.1) is 0 Å². The molecule has 1 aliphatic carbocycles. The molecule has 1 heterocycles. The van der Waals surface area contributed by atoms with Crippen LogP contribution in [0, 0.1) is 0 Å². The van der Waals surface area contributed by atoms with Crippen LogP contribution >= 0.6 is 11.6 Å². The third-order valence-corrected chi connectivity index (χ3v) is 2.82. The Labute approximate surface area is 97.8 Å². The number of halogens is 1. The summed E-state index contributed by atoms with van der Waals surface area (Å²) in [6.45, 7) is 0. The van der Waals surface area contributed by atoms with Gasteiger partial charge in [0, 0.05) is 11.7 Å². The summed E-state index contributed by atoms with van der Waals surface area (Å²) in [6.07, 6.45) is 2.35. The summed E-state index contributed by atoms with van der Waals surface area (Å²) >= 11 is 5.88. The molecule has 1 aromatic carbocycles. The molecule has 0 saturated heterocycles. The minimum Gasteiger partial charge on any atom is -0.398 e. The normalized spacial score (nSPS) is 15.3. The minimum absolute atomic E-state index is 0.251. The molecule has 0 amide bonds.